The van der Waals surface area contributed by atoms with E-state index < -0.39 is 17.6 Å². The second-order valence-electron chi connectivity index (χ2n) is 6.54. The molecule has 0 heterocycles. The first-order valence-corrected chi connectivity index (χ1v) is 7.98. The van der Waals surface area contributed by atoms with E-state index in [1.165, 1.54) is 6.07 Å². The second kappa shape index (κ2) is 6.34. The first-order chi connectivity index (χ1) is 11.4. The fourth-order valence-corrected chi connectivity index (χ4v) is 3.10. The zero-order chi connectivity index (χ0) is 17.3. The van der Waals surface area contributed by atoms with Crippen molar-refractivity contribution in [2.24, 2.45) is 5.73 Å². The maximum Gasteiger partial charge on any atom is 0.237 e. The highest BCUT2D eigenvalue weighted by molar-refractivity contribution is 5.86. The smallest absolute Gasteiger partial charge is 0.237 e. The van der Waals surface area contributed by atoms with Crippen LogP contribution in [0.1, 0.15) is 24.0 Å². The quantitative estimate of drug-likeness (QED) is 0.788. The molecule has 0 spiro atoms. The summed E-state index contributed by atoms with van der Waals surface area (Å²) < 4.78 is 14.0. The van der Waals surface area contributed by atoms with Crippen LogP contribution in [0.5, 0.6) is 0 Å². The number of hydrogen-bond donors (Lipinski definition) is 3. The summed E-state index contributed by atoms with van der Waals surface area (Å²) in [7, 11) is 0. The van der Waals surface area contributed by atoms with Gasteiger partial charge in [0.15, 0.2) is 0 Å². The summed E-state index contributed by atoms with van der Waals surface area (Å²) >= 11 is 0. The second-order valence-corrected chi connectivity index (χ2v) is 6.54. The van der Waals surface area contributed by atoms with Gasteiger partial charge in [0.25, 0.3) is 0 Å². The van der Waals surface area contributed by atoms with Crippen molar-refractivity contribution < 1.29 is 14.3 Å². The van der Waals surface area contributed by atoms with E-state index in [4.69, 9.17) is 5.73 Å². The molecule has 126 valence electrons. The van der Waals surface area contributed by atoms with Crippen LogP contribution in [0.2, 0.25) is 0 Å². The van der Waals surface area contributed by atoms with Crippen molar-refractivity contribution in [3.05, 3.63) is 59.4 Å². The number of nitrogens with one attached hydrogen (secondary N) is 1. The van der Waals surface area contributed by atoms with Crippen molar-refractivity contribution in [3.63, 3.8) is 0 Å². The Morgan fingerprint density at radius 3 is 2.50 bits per heavy atom. The number of primary amides is 1. The van der Waals surface area contributed by atoms with E-state index in [2.05, 4.69) is 5.32 Å². The number of aryl methyl sites for hydroxylation is 1. The van der Waals surface area contributed by atoms with Crippen LogP contribution < -0.4 is 11.1 Å². The van der Waals surface area contributed by atoms with E-state index in [1.54, 1.807) is 6.07 Å². The molecule has 1 fully saturated rings. The monoisotopic (exact) mass is 328 g/mol. The average Bonchev–Trinajstić information content (AvgIpc) is 2.51. The average molecular weight is 328 g/mol. The normalized spacial score (nSPS) is 22.9. The van der Waals surface area contributed by atoms with Gasteiger partial charge in [0.05, 0.1) is 6.10 Å². The number of carbonyl (C=O) groups is 1. The van der Waals surface area contributed by atoms with Gasteiger partial charge in [-0.1, -0.05) is 36.4 Å². The van der Waals surface area contributed by atoms with Crippen LogP contribution in [-0.4, -0.2) is 22.7 Å². The highest BCUT2D eigenvalue weighted by Crippen LogP contribution is 2.32. The number of amides is 1. The van der Waals surface area contributed by atoms with Gasteiger partial charge in [-0.2, -0.15) is 0 Å². The van der Waals surface area contributed by atoms with E-state index in [9.17, 15) is 14.3 Å². The minimum atomic E-state index is -0.818. The van der Waals surface area contributed by atoms with Gasteiger partial charge in [-0.25, -0.2) is 4.39 Å². The predicted molar refractivity (Wildman–Crippen MR) is 90.6 cm³/mol. The Hall–Kier alpha value is -2.24. The Morgan fingerprint density at radius 1 is 1.29 bits per heavy atom. The summed E-state index contributed by atoms with van der Waals surface area (Å²) in [4.78, 5) is 11.6. The number of hydrogen-bond acceptors (Lipinski definition) is 3. The number of aliphatic hydroxyl groups is 1. The Bertz CT molecular complexity index is 752. The van der Waals surface area contributed by atoms with Gasteiger partial charge in [0, 0.05) is 24.9 Å². The Labute approximate surface area is 140 Å². The molecule has 0 bridgehead atoms. The number of nitrogens with two attached hydrogens (primary N) is 1. The number of benzene rings is 2. The molecule has 2 aromatic carbocycles. The summed E-state index contributed by atoms with van der Waals surface area (Å²) in [5.74, 6) is -0.678. The fourth-order valence-electron chi connectivity index (χ4n) is 3.10. The molecular weight excluding hydrogens is 307 g/mol. The Morgan fingerprint density at radius 2 is 1.96 bits per heavy atom. The minimum Gasteiger partial charge on any atom is -0.393 e. The van der Waals surface area contributed by atoms with Crippen molar-refractivity contribution in [2.75, 3.05) is 0 Å². The van der Waals surface area contributed by atoms with E-state index in [0.717, 1.165) is 16.7 Å². The Balaban J connectivity index is 1.70. The van der Waals surface area contributed by atoms with E-state index in [1.807, 2.05) is 37.3 Å². The lowest BCUT2D eigenvalue weighted by Crippen LogP contribution is -2.64. The van der Waals surface area contributed by atoms with Crippen molar-refractivity contribution >= 4 is 5.91 Å². The molecule has 0 atom stereocenters. The molecule has 1 amide bonds. The van der Waals surface area contributed by atoms with E-state index >= 15 is 0 Å². The summed E-state index contributed by atoms with van der Waals surface area (Å²) in [5, 5.41) is 12.6. The zero-order valence-electron chi connectivity index (χ0n) is 13.6. The molecule has 1 aliphatic rings. The van der Waals surface area contributed by atoms with Crippen molar-refractivity contribution in [2.45, 2.75) is 38.0 Å². The van der Waals surface area contributed by atoms with Crippen LogP contribution in [0.3, 0.4) is 0 Å². The molecular formula is C19H21FN2O2. The first kappa shape index (κ1) is 16.6. The van der Waals surface area contributed by atoms with Gasteiger partial charge in [-0.15, -0.1) is 0 Å². The standard InChI is InChI=1S/C19H21FN2O2/c1-12-2-7-16(17(20)8-12)14-5-3-13(4-6-14)11-22-19(18(21)24)9-15(23)10-19/h2-8,15,22-23H,9-11H2,1H3,(H2,21,24). The van der Waals surface area contributed by atoms with Gasteiger partial charge in [0.2, 0.25) is 5.91 Å². The van der Waals surface area contributed by atoms with Gasteiger partial charge >= 0.3 is 0 Å². The lowest BCUT2D eigenvalue weighted by atomic mass is 9.73. The molecule has 1 saturated carbocycles. The lowest BCUT2D eigenvalue weighted by Gasteiger charge is -2.43. The third kappa shape index (κ3) is 3.18. The van der Waals surface area contributed by atoms with Crippen LogP contribution in [-0.2, 0) is 11.3 Å². The third-order valence-corrected chi connectivity index (χ3v) is 4.66. The summed E-state index contributed by atoms with van der Waals surface area (Å²) in [6, 6.07) is 12.7. The van der Waals surface area contributed by atoms with Crippen molar-refractivity contribution in [3.8, 4) is 11.1 Å². The molecule has 5 heteroatoms. The number of aliphatic hydroxyl groups excluding tert-OH is 1. The van der Waals surface area contributed by atoms with Gasteiger partial charge in [-0.3, -0.25) is 10.1 Å². The van der Waals surface area contributed by atoms with Crippen molar-refractivity contribution in [1.29, 1.82) is 0 Å². The van der Waals surface area contributed by atoms with Gasteiger partial charge < -0.3 is 10.8 Å². The SMILES string of the molecule is Cc1ccc(-c2ccc(CNC3(C(N)=O)CC(O)C3)cc2)c(F)c1. The zero-order valence-corrected chi connectivity index (χ0v) is 13.6. The number of carbonyl (C=O) groups excluding carboxylic acids is 1. The van der Waals surface area contributed by atoms with Crippen LogP contribution in [0.25, 0.3) is 11.1 Å². The molecule has 0 saturated heterocycles. The molecule has 3 rings (SSSR count). The van der Waals surface area contributed by atoms with E-state index in [-0.39, 0.29) is 5.82 Å². The van der Waals surface area contributed by atoms with Crippen LogP contribution >= 0.6 is 0 Å². The van der Waals surface area contributed by atoms with Gasteiger partial charge in [-0.05, 0) is 29.7 Å². The molecule has 0 unspecified atom stereocenters. The summed E-state index contributed by atoms with van der Waals surface area (Å²) in [6.45, 7) is 2.32. The van der Waals surface area contributed by atoms with E-state index in [0.29, 0.717) is 24.9 Å². The molecule has 4 nitrogen and oxygen atoms in total. The highest BCUT2D eigenvalue weighted by atomic mass is 19.1. The summed E-state index contributed by atoms with van der Waals surface area (Å²) in [6.07, 6.45) is 0.209. The molecule has 0 aliphatic heterocycles. The molecule has 24 heavy (non-hydrogen) atoms. The van der Waals surface area contributed by atoms with Gasteiger partial charge in [0.1, 0.15) is 11.4 Å². The third-order valence-electron chi connectivity index (χ3n) is 4.66. The minimum absolute atomic E-state index is 0.239. The van der Waals surface area contributed by atoms with Crippen LogP contribution in [0, 0.1) is 12.7 Å². The number of halogens is 1. The topological polar surface area (TPSA) is 75.3 Å². The maximum atomic E-state index is 14.0. The van der Waals surface area contributed by atoms with Crippen LogP contribution in [0.4, 0.5) is 4.39 Å². The first-order valence-electron chi connectivity index (χ1n) is 7.98. The molecule has 1 aliphatic carbocycles. The maximum absolute atomic E-state index is 14.0. The lowest BCUT2D eigenvalue weighted by molar-refractivity contribution is -0.133. The largest absolute Gasteiger partial charge is 0.393 e. The predicted octanol–water partition coefficient (Wildman–Crippen LogP) is 2.27. The molecule has 2 aromatic rings. The number of rotatable bonds is 5. The highest BCUT2D eigenvalue weighted by Gasteiger charge is 2.48. The van der Waals surface area contributed by atoms with Crippen molar-refractivity contribution in [1.82, 2.24) is 5.32 Å². The van der Waals surface area contributed by atoms with Crippen LogP contribution in [0.15, 0.2) is 42.5 Å². The molecule has 0 radical (unpaired) electrons. The summed E-state index contributed by atoms with van der Waals surface area (Å²) in [5.41, 5.74) is 7.84. The molecule has 0 aromatic heterocycles. The Kier molecular flexibility index (Phi) is 4.39. The fraction of sp³-hybridized carbons (Fsp3) is 0.316. The molecule has 4 N–H and O–H groups in total.